The normalized spacial score (nSPS) is 13.8. The molecular weight excluding hydrogens is 304 g/mol. The minimum absolute atomic E-state index is 0.104. The molecule has 0 atom stereocenters. The fourth-order valence-corrected chi connectivity index (χ4v) is 4.11. The van der Waals surface area contributed by atoms with Gasteiger partial charge in [-0.05, 0) is 67.0 Å². The standard InChI is InChI=1S/C19H24N2OS/c1-4-5-18(22)20-19-13(2)10-16(11-14(19)3)21-8-6-17-15(12-21)7-9-23-17/h7,9-11H,4-6,8,12H2,1-3H3,(H,20,22). The highest BCUT2D eigenvalue weighted by Gasteiger charge is 2.19. The van der Waals surface area contributed by atoms with Gasteiger partial charge in [0.2, 0.25) is 5.91 Å². The molecule has 0 unspecified atom stereocenters. The number of aryl methyl sites for hydroxylation is 2. The van der Waals surface area contributed by atoms with Crippen LogP contribution in [0.3, 0.4) is 0 Å². The van der Waals surface area contributed by atoms with Gasteiger partial charge in [0, 0.05) is 35.8 Å². The number of nitrogens with one attached hydrogen (secondary N) is 1. The van der Waals surface area contributed by atoms with E-state index in [9.17, 15) is 4.79 Å². The lowest BCUT2D eigenvalue weighted by Gasteiger charge is -2.30. The molecule has 1 aliphatic rings. The summed E-state index contributed by atoms with van der Waals surface area (Å²) in [5.74, 6) is 0.104. The monoisotopic (exact) mass is 328 g/mol. The van der Waals surface area contributed by atoms with Gasteiger partial charge in [-0.1, -0.05) is 6.92 Å². The van der Waals surface area contributed by atoms with Gasteiger partial charge in [-0.25, -0.2) is 0 Å². The molecule has 3 nitrogen and oxygen atoms in total. The maximum Gasteiger partial charge on any atom is 0.224 e. The van der Waals surface area contributed by atoms with E-state index in [0.29, 0.717) is 6.42 Å². The zero-order chi connectivity index (χ0) is 16.4. The van der Waals surface area contributed by atoms with E-state index in [1.165, 1.54) is 16.1 Å². The molecule has 1 aliphatic heterocycles. The zero-order valence-corrected chi connectivity index (χ0v) is 14.9. The van der Waals surface area contributed by atoms with E-state index in [2.05, 4.69) is 47.6 Å². The Bertz CT molecular complexity index is 697. The SMILES string of the molecule is CCCC(=O)Nc1c(C)cc(N2CCc3sccc3C2)cc1C. The van der Waals surface area contributed by atoms with Crippen LogP contribution in [0.1, 0.15) is 41.3 Å². The molecule has 1 aromatic heterocycles. The molecule has 3 rings (SSSR count). The molecule has 0 spiro atoms. The maximum atomic E-state index is 11.9. The lowest BCUT2D eigenvalue weighted by atomic mass is 10.0. The van der Waals surface area contributed by atoms with Crippen molar-refractivity contribution in [2.24, 2.45) is 0 Å². The highest BCUT2D eigenvalue weighted by atomic mass is 32.1. The first-order chi connectivity index (χ1) is 11.1. The van der Waals surface area contributed by atoms with Crippen molar-refractivity contribution in [1.82, 2.24) is 0 Å². The summed E-state index contributed by atoms with van der Waals surface area (Å²) in [7, 11) is 0. The highest BCUT2D eigenvalue weighted by molar-refractivity contribution is 7.10. The van der Waals surface area contributed by atoms with Crippen LogP contribution in [0.5, 0.6) is 0 Å². The van der Waals surface area contributed by atoms with Gasteiger partial charge in [0.05, 0.1) is 0 Å². The Balaban J connectivity index is 1.81. The summed E-state index contributed by atoms with van der Waals surface area (Å²) < 4.78 is 0. The minimum atomic E-state index is 0.104. The van der Waals surface area contributed by atoms with Crippen molar-refractivity contribution in [3.8, 4) is 0 Å². The molecule has 0 fully saturated rings. The average Bonchev–Trinajstić information content (AvgIpc) is 2.98. The molecule has 0 bridgehead atoms. The summed E-state index contributed by atoms with van der Waals surface area (Å²) in [5.41, 5.74) is 5.96. The van der Waals surface area contributed by atoms with Crippen LogP contribution >= 0.6 is 11.3 Å². The first-order valence-electron chi connectivity index (χ1n) is 8.29. The topological polar surface area (TPSA) is 32.3 Å². The summed E-state index contributed by atoms with van der Waals surface area (Å²) in [6, 6.07) is 6.64. The van der Waals surface area contributed by atoms with E-state index >= 15 is 0 Å². The third-order valence-electron chi connectivity index (χ3n) is 4.43. The fourth-order valence-electron chi connectivity index (χ4n) is 3.22. The molecule has 0 saturated carbocycles. The van der Waals surface area contributed by atoms with Crippen molar-refractivity contribution >= 4 is 28.6 Å². The maximum absolute atomic E-state index is 11.9. The number of nitrogens with zero attached hydrogens (tertiary/aromatic N) is 1. The van der Waals surface area contributed by atoms with Crippen molar-refractivity contribution < 1.29 is 4.79 Å². The Morgan fingerprint density at radius 1 is 1.30 bits per heavy atom. The predicted octanol–water partition coefficient (Wildman–Crippen LogP) is 4.67. The van der Waals surface area contributed by atoms with Gasteiger partial charge in [-0.3, -0.25) is 4.79 Å². The van der Waals surface area contributed by atoms with E-state index in [-0.39, 0.29) is 5.91 Å². The molecule has 0 radical (unpaired) electrons. The van der Waals surface area contributed by atoms with Crippen LogP contribution < -0.4 is 10.2 Å². The molecule has 1 N–H and O–H groups in total. The molecule has 2 heterocycles. The lowest BCUT2D eigenvalue weighted by molar-refractivity contribution is -0.116. The van der Waals surface area contributed by atoms with Crippen molar-refractivity contribution in [3.63, 3.8) is 0 Å². The van der Waals surface area contributed by atoms with E-state index < -0.39 is 0 Å². The smallest absolute Gasteiger partial charge is 0.224 e. The number of hydrogen-bond donors (Lipinski definition) is 1. The van der Waals surface area contributed by atoms with E-state index in [0.717, 1.165) is 42.7 Å². The largest absolute Gasteiger partial charge is 0.367 e. The van der Waals surface area contributed by atoms with E-state index in [1.54, 1.807) is 0 Å². The second kappa shape index (κ2) is 6.75. The summed E-state index contributed by atoms with van der Waals surface area (Å²) >= 11 is 1.87. The summed E-state index contributed by atoms with van der Waals surface area (Å²) in [6.07, 6.45) is 2.58. The molecule has 1 aromatic carbocycles. The van der Waals surface area contributed by atoms with Crippen LogP contribution in [0.2, 0.25) is 0 Å². The van der Waals surface area contributed by atoms with Crippen molar-refractivity contribution in [2.75, 3.05) is 16.8 Å². The molecule has 23 heavy (non-hydrogen) atoms. The number of carbonyl (C=O) groups is 1. The minimum Gasteiger partial charge on any atom is -0.367 e. The molecule has 4 heteroatoms. The average molecular weight is 328 g/mol. The zero-order valence-electron chi connectivity index (χ0n) is 14.1. The molecule has 122 valence electrons. The lowest BCUT2D eigenvalue weighted by Crippen LogP contribution is -2.29. The summed E-state index contributed by atoms with van der Waals surface area (Å²) in [6.45, 7) is 8.24. The third-order valence-corrected chi connectivity index (χ3v) is 5.45. The van der Waals surface area contributed by atoms with Crippen molar-refractivity contribution in [3.05, 3.63) is 45.1 Å². The highest BCUT2D eigenvalue weighted by Crippen LogP contribution is 2.32. The Labute approximate surface area is 142 Å². The van der Waals surface area contributed by atoms with Gasteiger partial charge in [-0.15, -0.1) is 11.3 Å². The molecule has 0 aliphatic carbocycles. The van der Waals surface area contributed by atoms with Gasteiger partial charge in [0.1, 0.15) is 0 Å². The van der Waals surface area contributed by atoms with Crippen LogP contribution in [-0.4, -0.2) is 12.5 Å². The van der Waals surface area contributed by atoms with Gasteiger partial charge in [0.15, 0.2) is 0 Å². The summed E-state index contributed by atoms with van der Waals surface area (Å²) in [5, 5.41) is 5.26. The Morgan fingerprint density at radius 2 is 2.04 bits per heavy atom. The second-order valence-corrected chi connectivity index (χ2v) is 7.29. The van der Waals surface area contributed by atoms with Gasteiger partial charge in [0.25, 0.3) is 0 Å². The number of thiophene rings is 1. The van der Waals surface area contributed by atoms with Crippen LogP contribution in [0.4, 0.5) is 11.4 Å². The summed E-state index contributed by atoms with van der Waals surface area (Å²) in [4.78, 5) is 15.9. The van der Waals surface area contributed by atoms with E-state index in [4.69, 9.17) is 0 Å². The molecule has 0 saturated heterocycles. The third kappa shape index (κ3) is 3.42. The number of hydrogen-bond acceptors (Lipinski definition) is 3. The van der Waals surface area contributed by atoms with Gasteiger partial charge >= 0.3 is 0 Å². The number of anilines is 2. The van der Waals surface area contributed by atoms with Crippen LogP contribution in [-0.2, 0) is 17.8 Å². The predicted molar refractivity (Wildman–Crippen MR) is 98.5 cm³/mol. The molecule has 1 amide bonds. The fraction of sp³-hybridized carbons (Fsp3) is 0.421. The number of amides is 1. The Hall–Kier alpha value is -1.81. The van der Waals surface area contributed by atoms with E-state index in [1.807, 2.05) is 18.3 Å². The number of fused-ring (bicyclic) bond motifs is 1. The Kier molecular flexibility index (Phi) is 4.71. The Morgan fingerprint density at radius 3 is 2.74 bits per heavy atom. The number of benzene rings is 1. The first kappa shape index (κ1) is 16.1. The van der Waals surface area contributed by atoms with Crippen LogP contribution in [0, 0.1) is 13.8 Å². The molecule has 2 aromatic rings. The van der Waals surface area contributed by atoms with Crippen molar-refractivity contribution in [2.45, 2.75) is 46.6 Å². The van der Waals surface area contributed by atoms with Crippen molar-refractivity contribution in [1.29, 1.82) is 0 Å². The first-order valence-corrected chi connectivity index (χ1v) is 9.17. The number of carbonyl (C=O) groups excluding carboxylic acids is 1. The van der Waals surface area contributed by atoms with Gasteiger partial charge < -0.3 is 10.2 Å². The van der Waals surface area contributed by atoms with Crippen LogP contribution in [0.15, 0.2) is 23.6 Å². The van der Waals surface area contributed by atoms with Crippen LogP contribution in [0.25, 0.3) is 0 Å². The second-order valence-electron chi connectivity index (χ2n) is 6.29. The molecular formula is C19H24N2OS. The number of rotatable bonds is 4. The quantitative estimate of drug-likeness (QED) is 0.885. The van der Waals surface area contributed by atoms with Gasteiger partial charge in [-0.2, -0.15) is 0 Å².